The number of nitrogens with one attached hydrogen (secondary N) is 1. The summed E-state index contributed by atoms with van der Waals surface area (Å²) >= 11 is 0. The Morgan fingerprint density at radius 1 is 1.16 bits per heavy atom. The van der Waals surface area contributed by atoms with Gasteiger partial charge in [0, 0.05) is 24.6 Å². The molecule has 1 saturated heterocycles. The summed E-state index contributed by atoms with van der Waals surface area (Å²) in [5.41, 5.74) is 0.798. The lowest BCUT2D eigenvalue weighted by Gasteiger charge is -2.40. The Kier molecular flexibility index (Phi) is 8.32. The summed E-state index contributed by atoms with van der Waals surface area (Å²) in [5.74, 6) is -0.562. The molecule has 0 bridgehead atoms. The van der Waals surface area contributed by atoms with Crippen LogP contribution in [0.1, 0.15) is 69.9 Å². The van der Waals surface area contributed by atoms with Gasteiger partial charge < -0.3 is 19.7 Å². The number of methoxy groups -OCH3 is 1. The van der Waals surface area contributed by atoms with E-state index < -0.39 is 17.9 Å². The zero-order chi connectivity index (χ0) is 22.2. The molecular weight excluding hydrogens is 396 g/mol. The van der Waals surface area contributed by atoms with E-state index in [1.807, 2.05) is 24.3 Å². The molecule has 170 valence electrons. The number of unbranched alkanes of at least 4 members (excludes halogenated alkanes) is 1. The summed E-state index contributed by atoms with van der Waals surface area (Å²) in [6.45, 7) is 2.36. The van der Waals surface area contributed by atoms with Crippen LogP contribution in [0.25, 0.3) is 0 Å². The van der Waals surface area contributed by atoms with E-state index >= 15 is 0 Å². The molecule has 2 aliphatic rings. The van der Waals surface area contributed by atoms with Crippen LogP contribution in [0.5, 0.6) is 5.75 Å². The number of carbonyl (C=O) groups is 3. The van der Waals surface area contributed by atoms with Gasteiger partial charge in [0.1, 0.15) is 5.75 Å². The van der Waals surface area contributed by atoms with Crippen LogP contribution in [-0.2, 0) is 19.1 Å². The highest BCUT2D eigenvalue weighted by Crippen LogP contribution is 2.41. The molecule has 0 spiro atoms. The molecule has 1 aromatic carbocycles. The largest absolute Gasteiger partial charge is 0.496 e. The van der Waals surface area contributed by atoms with E-state index in [0.717, 1.165) is 44.1 Å². The van der Waals surface area contributed by atoms with Crippen LogP contribution in [0.2, 0.25) is 0 Å². The van der Waals surface area contributed by atoms with Gasteiger partial charge in [-0.1, -0.05) is 44.4 Å². The summed E-state index contributed by atoms with van der Waals surface area (Å²) in [4.78, 5) is 39.9. The number of amides is 2. The first-order chi connectivity index (χ1) is 15.0. The molecule has 2 atom stereocenters. The lowest BCUT2D eigenvalue weighted by atomic mass is 9.83. The smallest absolute Gasteiger partial charge is 0.311 e. The predicted molar refractivity (Wildman–Crippen MR) is 116 cm³/mol. The van der Waals surface area contributed by atoms with E-state index in [-0.39, 0.29) is 24.5 Å². The molecule has 1 aliphatic heterocycles. The molecule has 3 rings (SSSR count). The van der Waals surface area contributed by atoms with E-state index in [0.29, 0.717) is 25.1 Å². The average molecular weight is 431 g/mol. The van der Waals surface area contributed by atoms with E-state index in [4.69, 9.17) is 9.47 Å². The third kappa shape index (κ3) is 5.77. The molecule has 31 heavy (non-hydrogen) atoms. The van der Waals surface area contributed by atoms with Crippen LogP contribution in [0.4, 0.5) is 0 Å². The second-order valence-electron chi connectivity index (χ2n) is 8.43. The SMILES string of the molecule is CCCCN1C(=O)CC[C@@H](C(=O)OCC(=O)NC2CCCC2)[C@@H]1c1ccccc1OC. The van der Waals surface area contributed by atoms with Crippen LogP contribution in [0.15, 0.2) is 24.3 Å². The highest BCUT2D eigenvalue weighted by molar-refractivity contribution is 5.85. The number of piperidine rings is 1. The van der Waals surface area contributed by atoms with E-state index in [9.17, 15) is 14.4 Å². The monoisotopic (exact) mass is 430 g/mol. The number of para-hydroxylation sites is 1. The van der Waals surface area contributed by atoms with E-state index in [1.165, 1.54) is 0 Å². The number of benzene rings is 1. The first-order valence-electron chi connectivity index (χ1n) is 11.4. The van der Waals surface area contributed by atoms with Crippen molar-refractivity contribution in [1.82, 2.24) is 10.2 Å². The minimum absolute atomic E-state index is 0.0346. The van der Waals surface area contributed by atoms with Crippen molar-refractivity contribution < 1.29 is 23.9 Å². The van der Waals surface area contributed by atoms with Gasteiger partial charge in [-0.3, -0.25) is 14.4 Å². The summed E-state index contributed by atoms with van der Waals surface area (Å²) in [6.07, 6.45) is 6.68. The zero-order valence-corrected chi connectivity index (χ0v) is 18.6. The summed E-state index contributed by atoms with van der Waals surface area (Å²) < 4.78 is 11.0. The Labute approximate surface area is 184 Å². The molecule has 2 fully saturated rings. The quantitative estimate of drug-likeness (QED) is 0.607. The minimum Gasteiger partial charge on any atom is -0.496 e. The van der Waals surface area contributed by atoms with E-state index in [2.05, 4.69) is 12.2 Å². The second-order valence-corrected chi connectivity index (χ2v) is 8.43. The Morgan fingerprint density at radius 2 is 1.90 bits per heavy atom. The third-order valence-corrected chi connectivity index (χ3v) is 6.29. The summed E-state index contributed by atoms with van der Waals surface area (Å²) in [7, 11) is 1.58. The highest BCUT2D eigenvalue weighted by Gasteiger charge is 2.42. The topological polar surface area (TPSA) is 84.9 Å². The fraction of sp³-hybridized carbons (Fsp3) is 0.625. The van der Waals surface area contributed by atoms with Crippen LogP contribution < -0.4 is 10.1 Å². The van der Waals surface area contributed by atoms with Gasteiger partial charge in [0.2, 0.25) is 5.91 Å². The van der Waals surface area contributed by atoms with Crippen molar-refractivity contribution in [1.29, 1.82) is 0 Å². The molecule has 7 nitrogen and oxygen atoms in total. The summed E-state index contributed by atoms with van der Waals surface area (Å²) in [6, 6.07) is 7.20. The van der Waals surface area contributed by atoms with Crippen LogP contribution in [-0.4, -0.2) is 49.0 Å². The molecule has 1 aliphatic carbocycles. The maximum atomic E-state index is 13.1. The molecule has 1 saturated carbocycles. The van der Waals surface area contributed by atoms with Crippen molar-refractivity contribution in [2.75, 3.05) is 20.3 Å². The maximum Gasteiger partial charge on any atom is 0.311 e. The Balaban J connectivity index is 1.76. The number of nitrogens with zero attached hydrogens (tertiary/aromatic N) is 1. The van der Waals surface area contributed by atoms with Crippen molar-refractivity contribution in [3.63, 3.8) is 0 Å². The lowest BCUT2D eigenvalue weighted by Crippen LogP contribution is -2.46. The molecule has 2 amide bonds. The van der Waals surface area contributed by atoms with Gasteiger partial charge in [-0.25, -0.2) is 0 Å². The second kappa shape index (κ2) is 11.2. The maximum absolute atomic E-state index is 13.1. The van der Waals surface area contributed by atoms with Crippen LogP contribution in [0.3, 0.4) is 0 Å². The standard InChI is InChI=1S/C24H34N2O5/c1-3-4-15-26-22(28)14-13-19(23(26)18-11-7-8-12-20(18)30-2)24(29)31-16-21(27)25-17-9-5-6-10-17/h7-8,11-12,17,19,23H,3-6,9-10,13-16H2,1-2H3,(H,25,27)/t19-,23+/m1/s1. The molecule has 1 aromatic rings. The summed E-state index contributed by atoms with van der Waals surface area (Å²) in [5, 5.41) is 2.94. The van der Waals surface area contributed by atoms with Crippen LogP contribution >= 0.6 is 0 Å². The minimum atomic E-state index is -0.537. The number of likely N-dealkylation sites (tertiary alicyclic amines) is 1. The normalized spacial score (nSPS) is 21.7. The van der Waals surface area contributed by atoms with Crippen molar-refractivity contribution in [2.45, 2.75) is 70.4 Å². The fourth-order valence-electron chi connectivity index (χ4n) is 4.67. The Bertz CT molecular complexity index is 775. The zero-order valence-electron chi connectivity index (χ0n) is 18.6. The Hall–Kier alpha value is -2.57. The predicted octanol–water partition coefficient (Wildman–Crippen LogP) is 3.38. The first-order valence-corrected chi connectivity index (χ1v) is 11.4. The number of hydrogen-bond acceptors (Lipinski definition) is 5. The van der Waals surface area contributed by atoms with Crippen LogP contribution in [0, 0.1) is 5.92 Å². The third-order valence-electron chi connectivity index (χ3n) is 6.29. The van der Waals surface area contributed by atoms with Gasteiger partial charge in [0.15, 0.2) is 6.61 Å². The van der Waals surface area contributed by atoms with E-state index in [1.54, 1.807) is 12.0 Å². The molecule has 1 heterocycles. The van der Waals surface area contributed by atoms with Gasteiger partial charge >= 0.3 is 5.97 Å². The Morgan fingerprint density at radius 3 is 2.61 bits per heavy atom. The first kappa shape index (κ1) is 23.1. The number of carbonyl (C=O) groups excluding carboxylic acids is 3. The molecule has 1 N–H and O–H groups in total. The van der Waals surface area contributed by atoms with Crippen molar-refractivity contribution in [2.24, 2.45) is 5.92 Å². The molecule has 0 radical (unpaired) electrons. The fourth-order valence-corrected chi connectivity index (χ4v) is 4.67. The van der Waals surface area contributed by atoms with Crippen molar-refractivity contribution >= 4 is 17.8 Å². The number of rotatable bonds is 9. The average Bonchev–Trinajstić information content (AvgIpc) is 3.29. The molecule has 0 aromatic heterocycles. The van der Waals surface area contributed by atoms with Gasteiger partial charge in [-0.2, -0.15) is 0 Å². The highest BCUT2D eigenvalue weighted by atomic mass is 16.5. The van der Waals surface area contributed by atoms with Gasteiger partial charge in [-0.15, -0.1) is 0 Å². The van der Waals surface area contributed by atoms with Gasteiger partial charge in [-0.05, 0) is 31.7 Å². The molecular formula is C24H34N2O5. The number of hydrogen-bond donors (Lipinski definition) is 1. The lowest BCUT2D eigenvalue weighted by molar-refractivity contribution is -0.160. The van der Waals surface area contributed by atoms with Gasteiger partial charge in [0.25, 0.3) is 5.91 Å². The number of esters is 1. The number of ether oxygens (including phenoxy) is 2. The van der Waals surface area contributed by atoms with Crippen molar-refractivity contribution in [3.05, 3.63) is 29.8 Å². The molecule has 7 heteroatoms. The van der Waals surface area contributed by atoms with Gasteiger partial charge in [0.05, 0.1) is 19.1 Å². The molecule has 0 unspecified atom stereocenters. The van der Waals surface area contributed by atoms with Crippen molar-refractivity contribution in [3.8, 4) is 5.75 Å².